The zero-order valence-corrected chi connectivity index (χ0v) is 11.4. The van der Waals surface area contributed by atoms with Crippen LogP contribution in [0.4, 0.5) is 0 Å². The normalized spacial score (nSPS) is 26.4. The Bertz CT molecular complexity index is 444. The van der Waals surface area contributed by atoms with Crippen LogP contribution in [0.1, 0.15) is 25.5 Å². The molecule has 0 spiro atoms. The molecule has 1 aromatic heterocycles. The van der Waals surface area contributed by atoms with Crippen LogP contribution in [-0.4, -0.2) is 34.9 Å². The highest BCUT2D eigenvalue weighted by Crippen LogP contribution is 2.31. The predicted octanol–water partition coefficient (Wildman–Crippen LogP) is 1.43. The first-order valence-electron chi connectivity index (χ1n) is 7.17. The average molecular weight is 259 g/mol. The zero-order valence-electron chi connectivity index (χ0n) is 11.4. The lowest BCUT2D eigenvalue weighted by Gasteiger charge is -2.26. The Morgan fingerprint density at radius 3 is 2.84 bits per heavy atom. The lowest BCUT2D eigenvalue weighted by Crippen LogP contribution is -2.40. The van der Waals surface area contributed by atoms with Crippen LogP contribution < -0.4 is 5.32 Å². The highest BCUT2D eigenvalue weighted by Gasteiger charge is 2.39. The third-order valence-corrected chi connectivity index (χ3v) is 4.16. The van der Waals surface area contributed by atoms with Crippen LogP contribution in [0.2, 0.25) is 0 Å². The van der Waals surface area contributed by atoms with Crippen LogP contribution >= 0.6 is 0 Å². The molecule has 2 atom stereocenters. The van der Waals surface area contributed by atoms with Crippen molar-refractivity contribution in [2.45, 2.75) is 32.4 Å². The average Bonchev–Trinajstić information content (AvgIpc) is 3.18. The van der Waals surface area contributed by atoms with E-state index in [9.17, 15) is 4.79 Å². The quantitative estimate of drug-likeness (QED) is 0.889. The van der Waals surface area contributed by atoms with Gasteiger partial charge in [0.25, 0.3) is 0 Å². The highest BCUT2D eigenvalue weighted by atomic mass is 16.2. The Kier molecular flexibility index (Phi) is 3.51. The second-order valence-electron chi connectivity index (χ2n) is 5.76. The van der Waals surface area contributed by atoms with Crippen molar-refractivity contribution >= 4 is 5.91 Å². The summed E-state index contributed by atoms with van der Waals surface area (Å²) >= 11 is 0. The molecule has 2 heterocycles. The monoisotopic (exact) mass is 259 g/mol. The van der Waals surface area contributed by atoms with Crippen LogP contribution in [0.3, 0.4) is 0 Å². The minimum atomic E-state index is 0.143. The fraction of sp³-hybridized carbons (Fsp3) is 0.600. The molecule has 1 saturated carbocycles. The van der Waals surface area contributed by atoms with E-state index in [0.29, 0.717) is 24.4 Å². The fourth-order valence-electron chi connectivity index (χ4n) is 2.79. The van der Waals surface area contributed by atoms with Crippen molar-refractivity contribution in [3.8, 4) is 0 Å². The van der Waals surface area contributed by atoms with Crippen LogP contribution in [0.25, 0.3) is 0 Å². The molecule has 1 aliphatic carbocycles. The highest BCUT2D eigenvalue weighted by molar-refractivity contribution is 5.80. The Labute approximate surface area is 114 Å². The van der Waals surface area contributed by atoms with Gasteiger partial charge in [-0.2, -0.15) is 0 Å². The summed E-state index contributed by atoms with van der Waals surface area (Å²) in [4.78, 5) is 19.1. The summed E-state index contributed by atoms with van der Waals surface area (Å²) in [6.45, 7) is 4.60. The summed E-state index contributed by atoms with van der Waals surface area (Å²) in [5.41, 5.74) is 0.987. The van der Waals surface area contributed by atoms with Crippen LogP contribution in [0, 0.1) is 11.8 Å². The number of amides is 1. The summed E-state index contributed by atoms with van der Waals surface area (Å²) in [6.07, 6.45) is 4.09. The van der Waals surface area contributed by atoms with Gasteiger partial charge in [-0.05, 0) is 37.4 Å². The van der Waals surface area contributed by atoms with E-state index in [1.54, 1.807) is 6.20 Å². The molecule has 1 aliphatic heterocycles. The molecule has 1 saturated heterocycles. The lowest BCUT2D eigenvalue weighted by atomic mass is 9.96. The molecule has 0 radical (unpaired) electrons. The molecule has 2 aliphatic rings. The number of carbonyl (C=O) groups is 1. The molecule has 102 valence electrons. The van der Waals surface area contributed by atoms with E-state index in [1.807, 2.05) is 18.2 Å². The molecule has 0 unspecified atom stereocenters. The van der Waals surface area contributed by atoms with Crippen LogP contribution in [0.15, 0.2) is 24.4 Å². The molecule has 19 heavy (non-hydrogen) atoms. The van der Waals surface area contributed by atoms with Crippen molar-refractivity contribution in [3.63, 3.8) is 0 Å². The van der Waals surface area contributed by atoms with Gasteiger partial charge in [-0.15, -0.1) is 0 Å². The Morgan fingerprint density at radius 2 is 2.26 bits per heavy atom. The molecule has 1 N–H and O–H groups in total. The van der Waals surface area contributed by atoms with Crippen molar-refractivity contribution in [1.29, 1.82) is 0 Å². The van der Waals surface area contributed by atoms with Gasteiger partial charge in [-0.1, -0.05) is 13.0 Å². The molecular weight excluding hydrogens is 238 g/mol. The number of pyridine rings is 1. The molecule has 3 rings (SSSR count). The van der Waals surface area contributed by atoms with Crippen molar-refractivity contribution in [2.24, 2.45) is 11.8 Å². The zero-order chi connectivity index (χ0) is 13.2. The summed E-state index contributed by atoms with van der Waals surface area (Å²) in [7, 11) is 0. The third-order valence-electron chi connectivity index (χ3n) is 4.16. The molecule has 4 nitrogen and oxygen atoms in total. The van der Waals surface area contributed by atoms with Gasteiger partial charge in [-0.25, -0.2) is 0 Å². The van der Waals surface area contributed by atoms with Gasteiger partial charge in [-0.3, -0.25) is 9.78 Å². The SMILES string of the molecule is C[C@@H]1CNC[C@H]1C(=O)N(Cc1ccccn1)C1CC1. The summed E-state index contributed by atoms with van der Waals surface area (Å²) < 4.78 is 0. The van der Waals surface area contributed by atoms with Crippen LogP contribution in [0.5, 0.6) is 0 Å². The molecular formula is C15H21N3O. The Morgan fingerprint density at radius 1 is 1.42 bits per heavy atom. The van der Waals surface area contributed by atoms with E-state index in [1.165, 1.54) is 0 Å². The van der Waals surface area contributed by atoms with Gasteiger partial charge in [0, 0.05) is 18.8 Å². The first-order chi connectivity index (χ1) is 9.25. The van der Waals surface area contributed by atoms with E-state index >= 15 is 0 Å². The third kappa shape index (κ3) is 2.78. The Balaban J connectivity index is 1.72. The largest absolute Gasteiger partial charge is 0.334 e. The number of nitrogens with one attached hydrogen (secondary N) is 1. The fourth-order valence-corrected chi connectivity index (χ4v) is 2.79. The first kappa shape index (κ1) is 12.6. The van der Waals surface area contributed by atoms with Gasteiger partial charge in [0.15, 0.2) is 0 Å². The molecule has 0 bridgehead atoms. The summed E-state index contributed by atoms with van der Waals surface area (Å²) in [5, 5.41) is 3.32. The number of rotatable bonds is 4. The number of hydrogen-bond acceptors (Lipinski definition) is 3. The number of carbonyl (C=O) groups excluding carboxylic acids is 1. The van der Waals surface area contributed by atoms with Gasteiger partial charge in [0.2, 0.25) is 5.91 Å². The van der Waals surface area contributed by atoms with Crippen molar-refractivity contribution in [1.82, 2.24) is 15.2 Å². The Hall–Kier alpha value is -1.42. The minimum Gasteiger partial charge on any atom is -0.334 e. The topological polar surface area (TPSA) is 45.2 Å². The maximum absolute atomic E-state index is 12.7. The molecule has 0 aromatic carbocycles. The van der Waals surface area contributed by atoms with Gasteiger partial charge >= 0.3 is 0 Å². The smallest absolute Gasteiger partial charge is 0.227 e. The van der Waals surface area contributed by atoms with Crippen molar-refractivity contribution in [2.75, 3.05) is 13.1 Å². The van der Waals surface area contributed by atoms with E-state index in [4.69, 9.17) is 0 Å². The summed E-state index contributed by atoms with van der Waals surface area (Å²) in [5.74, 6) is 0.896. The van der Waals surface area contributed by atoms with Crippen molar-refractivity contribution in [3.05, 3.63) is 30.1 Å². The maximum Gasteiger partial charge on any atom is 0.227 e. The minimum absolute atomic E-state index is 0.143. The predicted molar refractivity (Wildman–Crippen MR) is 73.3 cm³/mol. The van der Waals surface area contributed by atoms with Gasteiger partial charge in [0.1, 0.15) is 0 Å². The van der Waals surface area contributed by atoms with Gasteiger partial charge in [0.05, 0.1) is 18.2 Å². The van der Waals surface area contributed by atoms with E-state index in [0.717, 1.165) is 31.6 Å². The maximum atomic E-state index is 12.7. The molecule has 2 fully saturated rings. The molecule has 1 aromatic rings. The molecule has 1 amide bonds. The number of aromatic nitrogens is 1. The number of hydrogen-bond donors (Lipinski definition) is 1. The standard InChI is InChI=1S/C15H21N3O/c1-11-8-16-9-14(11)15(19)18(13-5-6-13)10-12-4-2-3-7-17-12/h2-4,7,11,13-14,16H,5-6,8-10H2,1H3/t11-,14-/m1/s1. The van der Waals surface area contributed by atoms with Gasteiger partial charge < -0.3 is 10.2 Å². The van der Waals surface area contributed by atoms with Crippen molar-refractivity contribution < 1.29 is 4.79 Å². The van der Waals surface area contributed by atoms with E-state index in [-0.39, 0.29) is 5.92 Å². The lowest BCUT2D eigenvalue weighted by molar-refractivity contribution is -0.137. The van der Waals surface area contributed by atoms with Crippen LogP contribution in [-0.2, 0) is 11.3 Å². The second-order valence-corrected chi connectivity index (χ2v) is 5.76. The van der Waals surface area contributed by atoms with E-state index < -0.39 is 0 Å². The first-order valence-corrected chi connectivity index (χ1v) is 7.17. The number of nitrogens with zero attached hydrogens (tertiary/aromatic N) is 2. The second kappa shape index (κ2) is 5.29. The summed E-state index contributed by atoms with van der Waals surface area (Å²) in [6, 6.07) is 6.34. The molecule has 4 heteroatoms. The van der Waals surface area contributed by atoms with E-state index in [2.05, 4.69) is 22.1 Å².